The molecule has 5 rings (SSSR count). The summed E-state index contributed by atoms with van der Waals surface area (Å²) in [7, 11) is 1.41. The number of benzene rings is 2. The van der Waals surface area contributed by atoms with Gasteiger partial charge in [-0.3, -0.25) is 19.7 Å². The molecule has 2 amide bonds. The lowest BCUT2D eigenvalue weighted by atomic mass is 9.85. The van der Waals surface area contributed by atoms with Crippen LogP contribution in [0.1, 0.15) is 12.5 Å². The Balaban J connectivity index is 1.57. The highest BCUT2D eigenvalue weighted by Gasteiger charge is 2.62. The molecule has 2 fully saturated rings. The first-order valence-electron chi connectivity index (χ1n) is 10.1. The Kier molecular flexibility index (Phi) is 4.28. The Morgan fingerprint density at radius 1 is 1.00 bits per heavy atom. The molecule has 4 atom stereocenters. The summed E-state index contributed by atoms with van der Waals surface area (Å²) in [5.41, 5.74) is 3.22. The minimum atomic E-state index is -0.551. The second-order valence-electron chi connectivity index (χ2n) is 8.06. The van der Waals surface area contributed by atoms with E-state index in [4.69, 9.17) is 4.74 Å². The van der Waals surface area contributed by atoms with Crippen LogP contribution in [0, 0.1) is 33.8 Å². The van der Waals surface area contributed by atoms with Crippen molar-refractivity contribution in [2.24, 2.45) is 23.7 Å². The molecular formula is C24H20N2O5. The van der Waals surface area contributed by atoms with Crippen molar-refractivity contribution in [3.05, 3.63) is 81.9 Å². The van der Waals surface area contributed by atoms with E-state index in [0.717, 1.165) is 21.6 Å². The summed E-state index contributed by atoms with van der Waals surface area (Å²) < 4.78 is 5.30. The predicted molar refractivity (Wildman–Crippen MR) is 114 cm³/mol. The standard InChI is InChI=1S/C24H20N2O5/c1-13(14-6-4-3-5-7-14)20-16-9-10-17(20)22-21(16)23(27)25(24(22)28)18-12-15(26(29)30)8-11-19(18)31-2/h3-12,16-17,21-22H,1-2H3/t16-,17-,21+,22+/m0/s1. The SMILES string of the molecule is COc1ccc([N+](=O)[O-])cc1N1C(=O)[C@H]2[C@H](C1=O)[C@H]1C=C[C@H]2C1=C(C)c1ccccc1. The van der Waals surface area contributed by atoms with Crippen LogP contribution in [0.3, 0.4) is 0 Å². The van der Waals surface area contributed by atoms with Crippen molar-refractivity contribution in [2.75, 3.05) is 12.0 Å². The molecule has 1 saturated heterocycles. The number of nitro benzene ring substituents is 1. The largest absolute Gasteiger partial charge is 0.495 e. The third-order valence-electron chi connectivity index (χ3n) is 6.67. The molecule has 1 heterocycles. The summed E-state index contributed by atoms with van der Waals surface area (Å²) in [6.07, 6.45) is 4.04. The lowest BCUT2D eigenvalue weighted by Gasteiger charge is -2.21. The maximum atomic E-state index is 13.5. The molecule has 1 saturated carbocycles. The minimum absolute atomic E-state index is 0.130. The zero-order valence-corrected chi connectivity index (χ0v) is 17.0. The second kappa shape index (κ2) is 6.91. The van der Waals surface area contributed by atoms with E-state index in [1.807, 2.05) is 49.4 Å². The van der Waals surface area contributed by atoms with Gasteiger partial charge in [-0.1, -0.05) is 48.1 Å². The summed E-state index contributed by atoms with van der Waals surface area (Å²) in [5.74, 6) is -1.71. The molecule has 3 aliphatic rings. The third kappa shape index (κ3) is 2.66. The van der Waals surface area contributed by atoms with Crippen LogP contribution in [0.15, 0.2) is 66.3 Å². The Morgan fingerprint density at radius 3 is 2.16 bits per heavy atom. The number of carbonyl (C=O) groups is 2. The molecule has 156 valence electrons. The highest BCUT2D eigenvalue weighted by molar-refractivity contribution is 6.24. The predicted octanol–water partition coefficient (Wildman–Crippen LogP) is 4.00. The van der Waals surface area contributed by atoms with E-state index < -0.39 is 16.8 Å². The van der Waals surface area contributed by atoms with Crippen molar-refractivity contribution in [1.82, 2.24) is 0 Å². The normalized spacial score (nSPS) is 25.9. The molecule has 0 spiro atoms. The van der Waals surface area contributed by atoms with Crippen LogP contribution in [-0.2, 0) is 9.59 Å². The molecule has 0 unspecified atom stereocenters. The van der Waals surface area contributed by atoms with E-state index in [2.05, 4.69) is 0 Å². The quantitative estimate of drug-likeness (QED) is 0.325. The van der Waals surface area contributed by atoms with Gasteiger partial charge < -0.3 is 4.74 Å². The lowest BCUT2D eigenvalue weighted by Crippen LogP contribution is -2.33. The van der Waals surface area contributed by atoms with Crippen LogP contribution < -0.4 is 9.64 Å². The number of hydrogen-bond donors (Lipinski definition) is 0. The third-order valence-corrected chi connectivity index (χ3v) is 6.67. The fourth-order valence-electron chi connectivity index (χ4n) is 5.32. The summed E-state index contributed by atoms with van der Waals surface area (Å²) >= 11 is 0. The van der Waals surface area contributed by atoms with E-state index in [1.54, 1.807) is 0 Å². The molecule has 1 aliphatic heterocycles. The van der Waals surface area contributed by atoms with Crippen molar-refractivity contribution in [3.63, 3.8) is 0 Å². The van der Waals surface area contributed by atoms with Gasteiger partial charge in [0.15, 0.2) is 0 Å². The number of non-ortho nitro benzene ring substituents is 1. The van der Waals surface area contributed by atoms with E-state index in [-0.39, 0.29) is 40.8 Å². The number of amides is 2. The zero-order valence-electron chi connectivity index (χ0n) is 17.0. The number of allylic oxidation sites excluding steroid dienone is 4. The monoisotopic (exact) mass is 416 g/mol. The van der Waals surface area contributed by atoms with E-state index >= 15 is 0 Å². The molecule has 31 heavy (non-hydrogen) atoms. The molecule has 2 bridgehead atoms. The van der Waals surface area contributed by atoms with Crippen LogP contribution in [0.25, 0.3) is 5.57 Å². The zero-order chi connectivity index (χ0) is 21.9. The molecule has 7 heteroatoms. The fraction of sp³-hybridized carbons (Fsp3) is 0.250. The van der Waals surface area contributed by atoms with Crippen molar-refractivity contribution in [3.8, 4) is 5.75 Å². The summed E-state index contributed by atoms with van der Waals surface area (Å²) in [4.78, 5) is 38.7. The average Bonchev–Trinajstić information content (AvgIpc) is 3.42. The molecular weight excluding hydrogens is 396 g/mol. The van der Waals surface area contributed by atoms with Crippen molar-refractivity contribution >= 4 is 28.8 Å². The molecule has 2 aliphatic carbocycles. The number of rotatable bonds is 4. The summed E-state index contributed by atoms with van der Waals surface area (Å²) in [5, 5.41) is 11.3. The van der Waals surface area contributed by atoms with Gasteiger partial charge in [0.2, 0.25) is 11.8 Å². The first-order chi connectivity index (χ1) is 14.9. The number of ether oxygens (including phenoxy) is 1. The van der Waals surface area contributed by atoms with Gasteiger partial charge in [0.25, 0.3) is 5.69 Å². The van der Waals surface area contributed by atoms with Crippen LogP contribution >= 0.6 is 0 Å². The van der Waals surface area contributed by atoms with Crippen molar-refractivity contribution in [1.29, 1.82) is 0 Å². The average molecular weight is 416 g/mol. The molecule has 0 radical (unpaired) electrons. The first kappa shape index (κ1) is 19.2. The van der Waals surface area contributed by atoms with Gasteiger partial charge in [-0.25, -0.2) is 4.90 Å². The Morgan fingerprint density at radius 2 is 1.61 bits per heavy atom. The molecule has 7 nitrogen and oxygen atoms in total. The van der Waals surface area contributed by atoms with E-state index in [9.17, 15) is 19.7 Å². The Bertz CT molecular complexity index is 1150. The van der Waals surface area contributed by atoms with Gasteiger partial charge in [0.05, 0.1) is 23.9 Å². The number of imide groups is 1. The van der Waals surface area contributed by atoms with Gasteiger partial charge >= 0.3 is 0 Å². The van der Waals surface area contributed by atoms with Gasteiger partial charge in [0.1, 0.15) is 11.4 Å². The number of carbonyl (C=O) groups excluding carboxylic acids is 2. The number of methoxy groups -OCH3 is 1. The van der Waals surface area contributed by atoms with Gasteiger partial charge in [-0.2, -0.15) is 0 Å². The second-order valence-corrected chi connectivity index (χ2v) is 8.06. The van der Waals surface area contributed by atoms with Gasteiger partial charge in [-0.15, -0.1) is 0 Å². The topological polar surface area (TPSA) is 89.8 Å². The number of anilines is 1. The lowest BCUT2D eigenvalue weighted by molar-refractivity contribution is -0.384. The van der Waals surface area contributed by atoms with Crippen LogP contribution in [0.5, 0.6) is 5.75 Å². The maximum absolute atomic E-state index is 13.5. The van der Waals surface area contributed by atoms with Crippen molar-refractivity contribution in [2.45, 2.75) is 6.92 Å². The van der Waals surface area contributed by atoms with Gasteiger partial charge in [-0.05, 0) is 24.1 Å². The summed E-state index contributed by atoms with van der Waals surface area (Å²) in [6.45, 7) is 2.04. The van der Waals surface area contributed by atoms with Crippen LogP contribution in [-0.4, -0.2) is 23.8 Å². The summed E-state index contributed by atoms with van der Waals surface area (Å²) in [6, 6.07) is 13.9. The van der Waals surface area contributed by atoms with E-state index in [0.29, 0.717) is 0 Å². The maximum Gasteiger partial charge on any atom is 0.271 e. The smallest absolute Gasteiger partial charge is 0.271 e. The number of nitrogens with zero attached hydrogens (tertiary/aromatic N) is 2. The number of hydrogen-bond acceptors (Lipinski definition) is 5. The molecule has 2 aromatic carbocycles. The van der Waals surface area contributed by atoms with E-state index in [1.165, 1.54) is 25.3 Å². The molecule has 0 aromatic heterocycles. The Hall–Kier alpha value is -3.74. The highest BCUT2D eigenvalue weighted by Crippen LogP contribution is 2.58. The Labute approximate surface area is 178 Å². The van der Waals surface area contributed by atoms with Crippen molar-refractivity contribution < 1.29 is 19.2 Å². The highest BCUT2D eigenvalue weighted by atomic mass is 16.6. The van der Waals surface area contributed by atoms with Crippen LogP contribution in [0.4, 0.5) is 11.4 Å². The van der Waals surface area contributed by atoms with Crippen LogP contribution in [0.2, 0.25) is 0 Å². The molecule has 2 aromatic rings. The number of fused-ring (bicyclic) bond motifs is 5. The minimum Gasteiger partial charge on any atom is -0.495 e. The number of nitro groups is 1. The fourth-order valence-corrected chi connectivity index (χ4v) is 5.32. The van der Waals surface area contributed by atoms with Gasteiger partial charge in [0, 0.05) is 24.0 Å². The molecule has 0 N–H and O–H groups in total. The first-order valence-corrected chi connectivity index (χ1v) is 10.1.